The van der Waals surface area contributed by atoms with E-state index in [1.54, 1.807) is 0 Å². The van der Waals surface area contributed by atoms with Crippen LogP contribution in [0.1, 0.15) is 12.8 Å². The Labute approximate surface area is 151 Å². The highest BCUT2D eigenvalue weighted by Gasteiger charge is 2.35. The largest absolute Gasteiger partial charge is 0.481 e. The van der Waals surface area contributed by atoms with Gasteiger partial charge in [-0.05, 0) is 20.5 Å². The lowest BCUT2D eigenvalue weighted by Crippen LogP contribution is -2.26. The van der Waals surface area contributed by atoms with E-state index in [1.165, 1.54) is 14.2 Å². The summed E-state index contributed by atoms with van der Waals surface area (Å²) in [5.74, 6) is -2.65. The Kier molecular flexibility index (Phi) is 13.9. The third-order valence-corrected chi connectivity index (χ3v) is 6.83. The summed E-state index contributed by atoms with van der Waals surface area (Å²) in [5, 5.41) is 8.85. The highest BCUT2D eigenvalue weighted by molar-refractivity contribution is 7.63. The van der Waals surface area contributed by atoms with E-state index in [9.17, 15) is 14.2 Å². The van der Waals surface area contributed by atoms with E-state index in [0.717, 1.165) is 0 Å². The molecule has 0 aromatic carbocycles. The molecule has 0 aromatic heterocycles. The summed E-state index contributed by atoms with van der Waals surface area (Å²) < 4.78 is 37.6. The number of rotatable bonds is 15. The van der Waals surface area contributed by atoms with Gasteiger partial charge in [0.2, 0.25) is 0 Å². The first kappa shape index (κ1) is 24.8. The predicted octanol–water partition coefficient (Wildman–Crippen LogP) is 2.11. The molecule has 0 aliphatic rings. The molecule has 0 fully saturated rings. The molecule has 0 spiro atoms. The van der Waals surface area contributed by atoms with Gasteiger partial charge in [0, 0.05) is 27.2 Å². The highest BCUT2D eigenvalue weighted by Crippen LogP contribution is 2.59. The molecule has 0 bridgehead atoms. The van der Waals surface area contributed by atoms with Gasteiger partial charge >= 0.3 is 19.5 Å². The summed E-state index contributed by atoms with van der Waals surface area (Å²) in [6.07, 6.45) is -0.626. The highest BCUT2D eigenvalue weighted by atomic mass is 31.3. The summed E-state index contributed by atoms with van der Waals surface area (Å²) in [6, 6.07) is 0. The molecule has 0 aliphatic carbocycles. The molecule has 0 saturated carbocycles. The minimum Gasteiger partial charge on any atom is -0.481 e. The van der Waals surface area contributed by atoms with E-state index in [1.807, 2.05) is 19.0 Å². The van der Waals surface area contributed by atoms with Crippen molar-refractivity contribution in [1.82, 2.24) is 4.90 Å². The van der Waals surface area contributed by atoms with Gasteiger partial charge in [-0.3, -0.25) is 22.8 Å². The van der Waals surface area contributed by atoms with Crippen LogP contribution in [0, 0.1) is 5.92 Å². The van der Waals surface area contributed by atoms with E-state index in [0.29, 0.717) is 6.54 Å². The van der Waals surface area contributed by atoms with Crippen LogP contribution in [-0.2, 0) is 36.6 Å². The molecular weight excluding hydrogens is 395 g/mol. The topological polar surface area (TPSA) is 121 Å². The molecule has 0 aromatic rings. The fourth-order valence-corrected chi connectivity index (χ4v) is 5.04. The van der Waals surface area contributed by atoms with Crippen molar-refractivity contribution in [3.63, 3.8) is 0 Å². The average molecular weight is 421 g/mol. The fourth-order valence-electron chi connectivity index (χ4n) is 1.58. The molecule has 13 heteroatoms. The molecule has 25 heavy (non-hydrogen) atoms. The van der Waals surface area contributed by atoms with Gasteiger partial charge in [-0.25, -0.2) is 0 Å². The molecule has 0 rings (SSSR count). The molecule has 0 heterocycles. The van der Waals surface area contributed by atoms with E-state index in [4.69, 9.17) is 27.5 Å². The van der Waals surface area contributed by atoms with Gasteiger partial charge in [0.05, 0.1) is 12.1 Å². The lowest BCUT2D eigenvalue weighted by Gasteiger charge is -2.22. The zero-order valence-electron chi connectivity index (χ0n) is 14.7. The second kappa shape index (κ2) is 14.0. The molecule has 0 radical (unpaired) electrons. The van der Waals surface area contributed by atoms with Crippen LogP contribution in [0.25, 0.3) is 0 Å². The SMILES string of the molecule is COPOP(=O)(CC(CCC(=O)O)C(=O)OCCN(C)C)OPOC. The number of nitrogens with zero attached hydrogens (tertiary/aromatic N) is 1. The first-order chi connectivity index (χ1) is 11.7. The van der Waals surface area contributed by atoms with Crippen LogP contribution in [0.2, 0.25) is 0 Å². The molecule has 148 valence electrons. The first-order valence-corrected chi connectivity index (χ1v) is 10.7. The van der Waals surface area contributed by atoms with Gasteiger partial charge < -0.3 is 23.8 Å². The van der Waals surface area contributed by atoms with Crippen LogP contribution < -0.4 is 0 Å². The first-order valence-electron chi connectivity index (χ1n) is 7.29. The molecule has 0 saturated heterocycles. The van der Waals surface area contributed by atoms with Gasteiger partial charge in [-0.1, -0.05) is 0 Å². The summed E-state index contributed by atoms with van der Waals surface area (Å²) in [6.45, 7) is 0.652. The second-order valence-corrected chi connectivity index (χ2v) is 9.35. The zero-order valence-corrected chi connectivity index (χ0v) is 17.6. The number of hydrogen-bond acceptors (Lipinski definition) is 9. The summed E-state index contributed by atoms with van der Waals surface area (Å²) >= 11 is 0. The lowest BCUT2D eigenvalue weighted by molar-refractivity contribution is -0.148. The maximum absolute atomic E-state index is 12.7. The lowest BCUT2D eigenvalue weighted by atomic mass is 10.1. The quantitative estimate of drug-likeness (QED) is 0.311. The van der Waals surface area contributed by atoms with Gasteiger partial charge in [-0.2, -0.15) is 0 Å². The third kappa shape index (κ3) is 12.8. The van der Waals surface area contributed by atoms with Gasteiger partial charge in [0.15, 0.2) is 18.1 Å². The number of carboxylic acids is 1. The van der Waals surface area contributed by atoms with Gasteiger partial charge in [-0.15, -0.1) is 0 Å². The van der Waals surface area contributed by atoms with E-state index >= 15 is 0 Å². The Morgan fingerprint density at radius 1 is 1.16 bits per heavy atom. The number of ether oxygens (including phenoxy) is 1. The van der Waals surface area contributed by atoms with Crippen LogP contribution in [0.4, 0.5) is 0 Å². The molecule has 10 nitrogen and oxygen atoms in total. The number of carboxylic acid groups (broad SMARTS) is 1. The van der Waals surface area contributed by atoms with Crippen LogP contribution in [-0.4, -0.2) is 69.6 Å². The van der Waals surface area contributed by atoms with E-state index < -0.39 is 43.5 Å². The van der Waals surface area contributed by atoms with Crippen molar-refractivity contribution in [3.8, 4) is 0 Å². The van der Waals surface area contributed by atoms with Crippen LogP contribution in [0.3, 0.4) is 0 Å². The second-order valence-electron chi connectivity index (χ2n) is 5.15. The number of esters is 1. The minimum atomic E-state index is -3.70. The molecule has 0 amide bonds. The van der Waals surface area contributed by atoms with Gasteiger partial charge in [0.1, 0.15) is 6.61 Å². The Balaban J connectivity index is 4.97. The molecule has 1 N–H and O–H groups in total. The average Bonchev–Trinajstić information content (AvgIpc) is 2.54. The van der Waals surface area contributed by atoms with Crippen molar-refractivity contribution in [2.45, 2.75) is 12.8 Å². The van der Waals surface area contributed by atoms with Crippen molar-refractivity contribution in [1.29, 1.82) is 0 Å². The van der Waals surface area contributed by atoms with E-state index in [-0.39, 0.29) is 25.6 Å². The predicted molar refractivity (Wildman–Crippen MR) is 95.2 cm³/mol. The summed E-state index contributed by atoms with van der Waals surface area (Å²) in [7, 11) is 1.56. The maximum Gasteiger partial charge on any atom is 0.341 e. The van der Waals surface area contributed by atoms with Crippen LogP contribution in [0.5, 0.6) is 0 Å². The number of carbonyl (C=O) groups is 2. The monoisotopic (exact) mass is 421 g/mol. The van der Waals surface area contributed by atoms with Crippen molar-refractivity contribution < 1.29 is 41.7 Å². The Hall–Kier alpha value is -0.170. The smallest absolute Gasteiger partial charge is 0.341 e. The van der Waals surface area contributed by atoms with Crippen molar-refractivity contribution in [2.24, 2.45) is 5.92 Å². The van der Waals surface area contributed by atoms with Crippen LogP contribution in [0.15, 0.2) is 0 Å². The van der Waals surface area contributed by atoms with Crippen LogP contribution >= 0.6 is 25.7 Å². The van der Waals surface area contributed by atoms with Gasteiger partial charge in [0.25, 0.3) is 0 Å². The fraction of sp³-hybridized carbons (Fsp3) is 0.833. The third-order valence-electron chi connectivity index (χ3n) is 2.79. The van der Waals surface area contributed by atoms with E-state index in [2.05, 4.69) is 0 Å². The number of likely N-dealkylation sites (N-methyl/N-ethyl adjacent to an activating group) is 1. The molecule has 0 aliphatic heterocycles. The summed E-state index contributed by atoms with van der Waals surface area (Å²) in [4.78, 5) is 24.9. The molecular formula is C12H26NO9P3. The molecule has 3 unspecified atom stereocenters. The normalized spacial score (nSPS) is 15.9. The van der Waals surface area contributed by atoms with Crippen molar-refractivity contribution >= 4 is 37.6 Å². The van der Waals surface area contributed by atoms with Crippen molar-refractivity contribution in [2.75, 3.05) is 47.6 Å². The number of carbonyl (C=O) groups excluding carboxylic acids is 1. The Morgan fingerprint density at radius 2 is 1.72 bits per heavy atom. The molecule has 3 atom stereocenters. The minimum absolute atomic E-state index is 0.0426. The Bertz CT molecular complexity index is 438. The standard InChI is InChI=1S/C12H26NO9P3/c1-13(2)7-8-20-12(16)10(5-6-11(14)15)9-25(17,21-23-18-3)22-24-19-4/h10,23-24H,5-9H2,1-4H3,(H,14,15). The summed E-state index contributed by atoms with van der Waals surface area (Å²) in [5.41, 5.74) is 0. The maximum atomic E-state index is 12.7. The number of hydrogen-bond donors (Lipinski definition) is 1. The zero-order chi connectivity index (χ0) is 19.3. The number of aliphatic carboxylic acids is 1. The Morgan fingerprint density at radius 3 is 2.16 bits per heavy atom. The van der Waals surface area contributed by atoms with Crippen molar-refractivity contribution in [3.05, 3.63) is 0 Å².